The van der Waals surface area contributed by atoms with Crippen molar-refractivity contribution in [3.8, 4) is 0 Å². The van der Waals surface area contributed by atoms with Crippen molar-refractivity contribution in [2.75, 3.05) is 5.73 Å². The molecule has 4 heteroatoms. The average Bonchev–Trinajstić information content (AvgIpc) is 2.13. The number of anilines is 1. The number of rotatable bonds is 2. The average molecular weight is 286 g/mol. The molecule has 0 aromatic heterocycles. The largest absolute Gasteiger partial charge is 0.459 e. The second-order valence-electron chi connectivity index (χ2n) is 4.05. The lowest BCUT2D eigenvalue weighted by molar-refractivity contribution is 0.0378. The number of ether oxygens (including phenoxy) is 1. The molecule has 0 radical (unpaired) electrons. The summed E-state index contributed by atoms with van der Waals surface area (Å²) in [6.45, 7) is 7.41. The molecule has 1 aromatic rings. The smallest absolute Gasteiger partial charge is 0.340 e. The molecule has 0 saturated heterocycles. The van der Waals surface area contributed by atoms with Gasteiger partial charge in [-0.15, -0.1) is 0 Å². The summed E-state index contributed by atoms with van der Waals surface area (Å²) in [5.74, 6) is -0.370. The first-order valence-electron chi connectivity index (χ1n) is 5.10. The number of benzene rings is 1. The third kappa shape index (κ3) is 2.55. The van der Waals surface area contributed by atoms with Gasteiger partial charge in [0.2, 0.25) is 0 Å². The van der Waals surface area contributed by atoms with Gasteiger partial charge in [0.25, 0.3) is 0 Å². The molecule has 0 saturated carbocycles. The number of nitrogens with two attached hydrogens (primary N) is 1. The third-order valence-corrected chi connectivity index (χ3v) is 3.48. The van der Waals surface area contributed by atoms with Crippen LogP contribution in [0, 0.1) is 13.8 Å². The fourth-order valence-electron chi connectivity index (χ4n) is 1.53. The Bertz CT molecular complexity index is 428. The molecule has 16 heavy (non-hydrogen) atoms. The fourth-order valence-corrected chi connectivity index (χ4v) is 1.85. The van der Waals surface area contributed by atoms with Gasteiger partial charge in [-0.25, -0.2) is 4.79 Å². The summed E-state index contributed by atoms with van der Waals surface area (Å²) in [6, 6.07) is 1.77. The number of hydrogen-bond donors (Lipinski definition) is 1. The van der Waals surface area contributed by atoms with Gasteiger partial charge >= 0.3 is 5.97 Å². The van der Waals surface area contributed by atoms with E-state index in [2.05, 4.69) is 15.9 Å². The zero-order valence-corrected chi connectivity index (χ0v) is 11.5. The molecule has 0 heterocycles. The second-order valence-corrected chi connectivity index (χ2v) is 4.84. The van der Waals surface area contributed by atoms with Gasteiger partial charge in [-0.1, -0.05) is 15.9 Å². The maximum absolute atomic E-state index is 11.8. The molecular formula is C12H16BrNO2. The predicted molar refractivity (Wildman–Crippen MR) is 68.6 cm³/mol. The quantitative estimate of drug-likeness (QED) is 0.671. The van der Waals surface area contributed by atoms with E-state index in [0.717, 1.165) is 15.6 Å². The SMILES string of the molecule is Cc1cc(N)c(C(=O)OC(C)C)c(C)c1Br. The van der Waals surface area contributed by atoms with Crippen LogP contribution in [0.15, 0.2) is 10.5 Å². The Kier molecular flexibility index (Phi) is 3.97. The summed E-state index contributed by atoms with van der Waals surface area (Å²) >= 11 is 3.44. The first-order chi connectivity index (χ1) is 7.34. The van der Waals surface area contributed by atoms with Crippen LogP contribution in [0.1, 0.15) is 35.3 Å². The van der Waals surface area contributed by atoms with Crippen LogP contribution in [0.5, 0.6) is 0 Å². The molecule has 0 atom stereocenters. The van der Waals surface area contributed by atoms with Crippen LogP contribution in [0.3, 0.4) is 0 Å². The molecule has 0 spiro atoms. The first kappa shape index (κ1) is 13.0. The molecule has 1 rings (SSSR count). The van der Waals surface area contributed by atoms with E-state index in [1.165, 1.54) is 0 Å². The Morgan fingerprint density at radius 2 is 2.00 bits per heavy atom. The van der Waals surface area contributed by atoms with Gasteiger partial charge in [-0.05, 0) is 44.9 Å². The Labute approximate surface area is 104 Å². The van der Waals surface area contributed by atoms with Gasteiger partial charge in [-0.3, -0.25) is 0 Å². The standard InChI is InChI=1S/C12H16BrNO2/c1-6(2)16-12(15)10-8(4)11(13)7(3)5-9(10)14/h5-6H,14H2,1-4H3. The Hall–Kier alpha value is -1.03. The van der Waals surface area contributed by atoms with E-state index in [1.807, 2.05) is 27.7 Å². The highest BCUT2D eigenvalue weighted by Crippen LogP contribution is 2.29. The molecule has 3 nitrogen and oxygen atoms in total. The van der Waals surface area contributed by atoms with Crippen LogP contribution >= 0.6 is 15.9 Å². The van der Waals surface area contributed by atoms with Crippen molar-refractivity contribution in [2.24, 2.45) is 0 Å². The van der Waals surface area contributed by atoms with Gasteiger partial charge in [0.15, 0.2) is 0 Å². The summed E-state index contributed by atoms with van der Waals surface area (Å²) in [4.78, 5) is 11.8. The van der Waals surface area contributed by atoms with E-state index in [4.69, 9.17) is 10.5 Å². The molecule has 1 aromatic carbocycles. The van der Waals surface area contributed by atoms with Crippen molar-refractivity contribution in [1.82, 2.24) is 0 Å². The van der Waals surface area contributed by atoms with Crippen molar-refractivity contribution in [2.45, 2.75) is 33.8 Å². The molecule has 0 unspecified atom stereocenters. The van der Waals surface area contributed by atoms with Crippen molar-refractivity contribution in [1.29, 1.82) is 0 Å². The summed E-state index contributed by atoms with van der Waals surface area (Å²) in [5.41, 5.74) is 8.59. The second kappa shape index (κ2) is 4.87. The van der Waals surface area contributed by atoms with Gasteiger partial charge in [-0.2, -0.15) is 0 Å². The molecular weight excluding hydrogens is 270 g/mol. The molecule has 0 aliphatic rings. The normalized spacial score (nSPS) is 10.6. The first-order valence-corrected chi connectivity index (χ1v) is 5.90. The van der Waals surface area contributed by atoms with Crippen LogP contribution < -0.4 is 5.73 Å². The van der Waals surface area contributed by atoms with Crippen LogP contribution in [0.4, 0.5) is 5.69 Å². The summed E-state index contributed by atoms with van der Waals surface area (Å²) in [6.07, 6.45) is -0.147. The summed E-state index contributed by atoms with van der Waals surface area (Å²) in [5, 5.41) is 0. The molecule has 2 N–H and O–H groups in total. The van der Waals surface area contributed by atoms with E-state index in [9.17, 15) is 4.79 Å². The van der Waals surface area contributed by atoms with E-state index in [1.54, 1.807) is 6.07 Å². The number of aryl methyl sites for hydroxylation is 1. The molecule has 0 amide bonds. The molecule has 0 fully saturated rings. The maximum atomic E-state index is 11.8. The Morgan fingerprint density at radius 3 is 2.50 bits per heavy atom. The number of nitrogen functional groups attached to an aromatic ring is 1. The minimum atomic E-state index is -0.370. The molecule has 88 valence electrons. The zero-order valence-electron chi connectivity index (χ0n) is 9.93. The van der Waals surface area contributed by atoms with E-state index in [0.29, 0.717) is 11.3 Å². The minimum absolute atomic E-state index is 0.147. The lowest BCUT2D eigenvalue weighted by Gasteiger charge is -2.14. The number of hydrogen-bond acceptors (Lipinski definition) is 3. The van der Waals surface area contributed by atoms with Crippen molar-refractivity contribution in [3.05, 3.63) is 27.2 Å². The minimum Gasteiger partial charge on any atom is -0.459 e. The van der Waals surface area contributed by atoms with Crippen LogP contribution in [0.25, 0.3) is 0 Å². The van der Waals surface area contributed by atoms with Gasteiger partial charge in [0, 0.05) is 10.2 Å². The molecule has 0 bridgehead atoms. The highest BCUT2D eigenvalue weighted by Gasteiger charge is 2.18. The van der Waals surface area contributed by atoms with Gasteiger partial charge in [0.1, 0.15) is 0 Å². The number of esters is 1. The van der Waals surface area contributed by atoms with Crippen LogP contribution in [-0.2, 0) is 4.74 Å². The van der Waals surface area contributed by atoms with Crippen molar-refractivity contribution >= 4 is 27.6 Å². The van der Waals surface area contributed by atoms with Crippen LogP contribution in [0.2, 0.25) is 0 Å². The number of carbonyl (C=O) groups is 1. The molecule has 0 aliphatic carbocycles. The third-order valence-electron chi connectivity index (χ3n) is 2.26. The number of carbonyl (C=O) groups excluding carboxylic acids is 1. The van der Waals surface area contributed by atoms with Gasteiger partial charge < -0.3 is 10.5 Å². The van der Waals surface area contributed by atoms with Crippen molar-refractivity contribution in [3.63, 3.8) is 0 Å². The maximum Gasteiger partial charge on any atom is 0.340 e. The van der Waals surface area contributed by atoms with Gasteiger partial charge in [0.05, 0.1) is 11.7 Å². The summed E-state index contributed by atoms with van der Waals surface area (Å²) in [7, 11) is 0. The fraction of sp³-hybridized carbons (Fsp3) is 0.417. The Morgan fingerprint density at radius 1 is 1.44 bits per heavy atom. The molecule has 0 aliphatic heterocycles. The Balaban J connectivity index is 3.24. The summed E-state index contributed by atoms with van der Waals surface area (Å²) < 4.78 is 6.05. The van der Waals surface area contributed by atoms with E-state index >= 15 is 0 Å². The lowest BCUT2D eigenvalue weighted by atomic mass is 10.0. The van der Waals surface area contributed by atoms with Crippen molar-refractivity contribution < 1.29 is 9.53 Å². The van der Waals surface area contributed by atoms with E-state index in [-0.39, 0.29) is 12.1 Å². The van der Waals surface area contributed by atoms with Crippen LogP contribution in [-0.4, -0.2) is 12.1 Å². The lowest BCUT2D eigenvalue weighted by Crippen LogP contribution is -2.15. The predicted octanol–water partition coefficient (Wildman–Crippen LogP) is 3.21. The monoisotopic (exact) mass is 285 g/mol. The number of halogens is 1. The topological polar surface area (TPSA) is 52.3 Å². The highest BCUT2D eigenvalue weighted by atomic mass is 79.9. The highest BCUT2D eigenvalue weighted by molar-refractivity contribution is 9.10. The zero-order chi connectivity index (χ0) is 12.5. The van der Waals surface area contributed by atoms with E-state index < -0.39 is 0 Å².